The Kier molecular flexibility index (Phi) is 5.77. The Bertz CT molecular complexity index is 1000. The molecule has 1 amide bonds. The lowest BCUT2D eigenvalue weighted by molar-refractivity contribution is -0.907. The lowest BCUT2D eigenvalue weighted by Gasteiger charge is -2.28. The van der Waals surface area contributed by atoms with Gasteiger partial charge in [0.1, 0.15) is 30.7 Å². The molecule has 30 heavy (non-hydrogen) atoms. The van der Waals surface area contributed by atoms with Crippen molar-refractivity contribution in [2.24, 2.45) is 0 Å². The topological polar surface area (TPSA) is 97.3 Å². The number of aliphatic hydroxyl groups excluding tert-OH is 1. The third kappa shape index (κ3) is 3.80. The Hall–Kier alpha value is -2.49. The van der Waals surface area contributed by atoms with Gasteiger partial charge in [0.25, 0.3) is 5.91 Å². The van der Waals surface area contributed by atoms with E-state index < -0.39 is 17.7 Å². The van der Waals surface area contributed by atoms with Gasteiger partial charge in [0, 0.05) is 0 Å². The molecule has 9 heteroatoms. The van der Waals surface area contributed by atoms with Crippen molar-refractivity contribution in [3.63, 3.8) is 0 Å². The minimum absolute atomic E-state index is 0.0677. The van der Waals surface area contributed by atoms with Crippen LogP contribution in [-0.4, -0.2) is 66.1 Å². The van der Waals surface area contributed by atoms with Crippen LogP contribution >= 0.6 is 11.3 Å². The molecule has 0 aliphatic carbocycles. The zero-order valence-electron chi connectivity index (χ0n) is 17.4. The number of ether oxygens (including phenoxy) is 1. The van der Waals surface area contributed by atoms with Crippen molar-refractivity contribution in [3.8, 4) is 0 Å². The van der Waals surface area contributed by atoms with E-state index in [0.717, 1.165) is 18.1 Å². The van der Waals surface area contributed by atoms with Gasteiger partial charge in [-0.05, 0) is 32.9 Å². The smallest absolute Gasteiger partial charge is 0.290 e. The third-order valence-electron chi connectivity index (χ3n) is 5.59. The number of carbonyl (C=O) groups is 2. The summed E-state index contributed by atoms with van der Waals surface area (Å²) in [6, 6.07) is 2.81. The average Bonchev–Trinajstić information content (AvgIpc) is 3.37. The van der Waals surface area contributed by atoms with Crippen LogP contribution in [0.5, 0.6) is 0 Å². The average molecular weight is 433 g/mol. The number of aryl methyl sites for hydroxylation is 3. The quantitative estimate of drug-likeness (QED) is 0.665. The van der Waals surface area contributed by atoms with E-state index in [2.05, 4.69) is 4.98 Å². The summed E-state index contributed by atoms with van der Waals surface area (Å²) >= 11 is 1.27. The first-order chi connectivity index (χ1) is 14.4. The van der Waals surface area contributed by atoms with Gasteiger partial charge >= 0.3 is 0 Å². The van der Waals surface area contributed by atoms with E-state index in [9.17, 15) is 14.7 Å². The maximum absolute atomic E-state index is 13.4. The molecule has 160 valence electrons. The van der Waals surface area contributed by atoms with Crippen molar-refractivity contribution in [2.45, 2.75) is 26.8 Å². The van der Waals surface area contributed by atoms with E-state index >= 15 is 0 Å². The van der Waals surface area contributed by atoms with Gasteiger partial charge in [0.2, 0.25) is 5.78 Å². The second-order valence-corrected chi connectivity index (χ2v) is 8.90. The predicted octanol–water partition coefficient (Wildman–Crippen LogP) is 1.15. The Balaban J connectivity index is 1.67. The van der Waals surface area contributed by atoms with Crippen LogP contribution in [0.3, 0.4) is 0 Å². The van der Waals surface area contributed by atoms with Crippen LogP contribution in [0.15, 0.2) is 27.9 Å². The highest BCUT2D eigenvalue weighted by Gasteiger charge is 2.46. The van der Waals surface area contributed by atoms with E-state index in [0.29, 0.717) is 48.4 Å². The standard InChI is InChI=1S/C21H25N3O5S/c1-12-4-5-15(29-12)17-16(18(25)20-13(2)22-14(3)30-20)19(26)21(27)24(17)7-6-23-8-10-28-11-9-23/h4-5,17,26H,6-11H2,1-3H3/p+1/t17-/m0/s1. The second kappa shape index (κ2) is 8.33. The SMILES string of the molecule is Cc1ccc([C@H]2C(C(=O)c3sc(C)nc3C)=C(O)C(=O)N2CC[NH+]2CCOCC2)o1. The van der Waals surface area contributed by atoms with Crippen LogP contribution in [-0.2, 0) is 9.53 Å². The molecule has 2 aliphatic heterocycles. The number of ketones is 1. The van der Waals surface area contributed by atoms with Gasteiger partial charge in [0.15, 0.2) is 5.76 Å². The fourth-order valence-corrected chi connectivity index (χ4v) is 4.94. The summed E-state index contributed by atoms with van der Waals surface area (Å²) in [6.07, 6.45) is 0. The van der Waals surface area contributed by atoms with Crippen LogP contribution in [0.2, 0.25) is 0 Å². The van der Waals surface area contributed by atoms with Crippen molar-refractivity contribution in [3.05, 3.63) is 50.6 Å². The summed E-state index contributed by atoms with van der Waals surface area (Å²) in [6.45, 7) is 9.64. The lowest BCUT2D eigenvalue weighted by Crippen LogP contribution is -3.14. The molecule has 4 heterocycles. The van der Waals surface area contributed by atoms with E-state index in [1.807, 2.05) is 13.8 Å². The number of aromatic nitrogens is 1. The highest BCUT2D eigenvalue weighted by atomic mass is 32.1. The van der Waals surface area contributed by atoms with Crippen molar-refractivity contribution >= 4 is 23.0 Å². The Morgan fingerprint density at radius 2 is 2.03 bits per heavy atom. The molecule has 1 saturated heterocycles. The van der Waals surface area contributed by atoms with Crippen LogP contribution < -0.4 is 4.90 Å². The Labute approximate surface area is 178 Å². The molecular weight excluding hydrogens is 406 g/mol. The largest absolute Gasteiger partial charge is 0.503 e. The molecule has 2 N–H and O–H groups in total. The molecule has 1 fully saturated rings. The zero-order valence-corrected chi connectivity index (χ0v) is 18.2. The van der Waals surface area contributed by atoms with Crippen molar-refractivity contribution in [1.82, 2.24) is 9.88 Å². The molecule has 8 nitrogen and oxygen atoms in total. The van der Waals surface area contributed by atoms with E-state index in [-0.39, 0.29) is 11.4 Å². The van der Waals surface area contributed by atoms with Gasteiger partial charge in [-0.3, -0.25) is 9.59 Å². The number of Topliss-reactive ketones (excluding diaryl/α,β-unsaturated/α-hetero) is 1. The first-order valence-electron chi connectivity index (χ1n) is 10.1. The molecule has 0 radical (unpaired) electrons. The van der Waals surface area contributed by atoms with E-state index in [4.69, 9.17) is 9.15 Å². The summed E-state index contributed by atoms with van der Waals surface area (Å²) in [7, 11) is 0. The van der Waals surface area contributed by atoms with Crippen molar-refractivity contribution in [1.29, 1.82) is 0 Å². The third-order valence-corrected chi connectivity index (χ3v) is 6.67. The van der Waals surface area contributed by atoms with Crippen LogP contribution in [0.1, 0.15) is 37.9 Å². The number of hydrogen-bond acceptors (Lipinski definition) is 7. The van der Waals surface area contributed by atoms with Gasteiger partial charge < -0.3 is 24.1 Å². The molecule has 2 aromatic heterocycles. The molecule has 2 aliphatic rings. The Morgan fingerprint density at radius 1 is 1.30 bits per heavy atom. The van der Waals surface area contributed by atoms with Crippen LogP contribution in [0, 0.1) is 20.8 Å². The summed E-state index contributed by atoms with van der Waals surface area (Å²) in [5.41, 5.74) is 0.666. The zero-order chi connectivity index (χ0) is 21.4. The number of hydrogen-bond donors (Lipinski definition) is 2. The summed E-state index contributed by atoms with van der Waals surface area (Å²) < 4.78 is 11.2. The number of carbonyl (C=O) groups excluding carboxylic acids is 2. The minimum Gasteiger partial charge on any atom is -0.503 e. The van der Waals surface area contributed by atoms with Gasteiger partial charge in [-0.25, -0.2) is 4.98 Å². The lowest BCUT2D eigenvalue weighted by atomic mass is 9.99. The number of rotatable bonds is 6. The second-order valence-electron chi connectivity index (χ2n) is 7.70. The highest BCUT2D eigenvalue weighted by Crippen LogP contribution is 2.40. The van der Waals surface area contributed by atoms with Crippen molar-refractivity contribution in [2.75, 3.05) is 39.4 Å². The summed E-state index contributed by atoms with van der Waals surface area (Å²) in [4.78, 5) is 34.0. The number of quaternary nitrogens is 1. The Morgan fingerprint density at radius 3 is 2.63 bits per heavy atom. The fraction of sp³-hybridized carbons (Fsp3) is 0.476. The molecule has 4 rings (SSSR count). The number of nitrogens with zero attached hydrogens (tertiary/aromatic N) is 2. The fourth-order valence-electron chi connectivity index (χ4n) is 4.07. The highest BCUT2D eigenvalue weighted by molar-refractivity contribution is 7.14. The summed E-state index contributed by atoms with van der Waals surface area (Å²) in [5.74, 6) is -0.252. The van der Waals surface area contributed by atoms with Gasteiger partial charge in [-0.1, -0.05) is 0 Å². The first-order valence-corrected chi connectivity index (χ1v) is 10.9. The molecule has 1 atom stereocenters. The molecule has 0 spiro atoms. The number of thiazole rings is 1. The molecule has 0 bridgehead atoms. The molecule has 2 aromatic rings. The number of morpholine rings is 1. The normalized spacial score (nSPS) is 20.4. The van der Waals surface area contributed by atoms with Crippen LogP contribution in [0.4, 0.5) is 0 Å². The molecule has 0 unspecified atom stereocenters. The van der Waals surface area contributed by atoms with Crippen LogP contribution in [0.25, 0.3) is 0 Å². The molecular formula is C21H26N3O5S+. The minimum atomic E-state index is -0.749. The molecule has 0 saturated carbocycles. The predicted molar refractivity (Wildman–Crippen MR) is 110 cm³/mol. The maximum Gasteiger partial charge on any atom is 0.290 e. The number of aliphatic hydroxyl groups is 1. The molecule has 0 aromatic carbocycles. The number of amides is 1. The maximum atomic E-state index is 13.4. The van der Waals surface area contributed by atoms with Crippen molar-refractivity contribution < 1.29 is 28.7 Å². The number of furan rings is 1. The van der Waals surface area contributed by atoms with E-state index in [1.165, 1.54) is 16.2 Å². The van der Waals surface area contributed by atoms with Gasteiger partial charge in [-0.2, -0.15) is 0 Å². The van der Waals surface area contributed by atoms with Gasteiger partial charge in [0.05, 0.1) is 47.5 Å². The summed E-state index contributed by atoms with van der Waals surface area (Å²) in [5, 5.41) is 11.5. The van der Waals surface area contributed by atoms with Gasteiger partial charge in [-0.15, -0.1) is 11.3 Å². The first kappa shape index (κ1) is 20.8. The van der Waals surface area contributed by atoms with E-state index in [1.54, 1.807) is 24.0 Å². The monoisotopic (exact) mass is 432 g/mol. The number of nitrogens with one attached hydrogen (secondary N) is 1.